The Labute approximate surface area is 134 Å². The lowest BCUT2D eigenvalue weighted by Gasteiger charge is -2.37. The quantitative estimate of drug-likeness (QED) is 0.786. The lowest BCUT2D eigenvalue weighted by atomic mass is 9.93. The van der Waals surface area contributed by atoms with E-state index in [-0.39, 0.29) is 0 Å². The van der Waals surface area contributed by atoms with Crippen LogP contribution in [0.3, 0.4) is 0 Å². The van der Waals surface area contributed by atoms with E-state index in [1.165, 1.54) is 56.7 Å². The minimum Gasteiger partial charge on any atom is -0.300 e. The van der Waals surface area contributed by atoms with Crippen molar-refractivity contribution < 1.29 is 0 Å². The summed E-state index contributed by atoms with van der Waals surface area (Å²) >= 11 is 0. The molecule has 1 saturated carbocycles. The number of hydrogen-bond acceptors (Lipinski definition) is 2. The number of benzene rings is 1. The van der Waals surface area contributed by atoms with Gasteiger partial charge in [-0.2, -0.15) is 0 Å². The highest BCUT2D eigenvalue weighted by Crippen LogP contribution is 2.43. The molecule has 3 atom stereocenters. The lowest BCUT2D eigenvalue weighted by molar-refractivity contribution is 0.108. The van der Waals surface area contributed by atoms with E-state index < -0.39 is 0 Å². The zero-order chi connectivity index (χ0) is 14.9. The Bertz CT molecular complexity index is 542. The average molecular weight is 296 g/mol. The third-order valence-corrected chi connectivity index (χ3v) is 6.03. The molecule has 3 aliphatic rings. The molecule has 0 unspecified atom stereocenters. The van der Waals surface area contributed by atoms with Gasteiger partial charge in [-0.25, -0.2) is 0 Å². The molecule has 0 aromatic heterocycles. The Balaban J connectivity index is 1.26. The number of piperazine rings is 1. The van der Waals surface area contributed by atoms with Crippen molar-refractivity contribution in [1.82, 2.24) is 9.80 Å². The van der Waals surface area contributed by atoms with E-state index in [0.29, 0.717) is 0 Å². The highest BCUT2D eigenvalue weighted by atomic mass is 15.3. The number of aryl methyl sites for hydroxylation is 1. The smallest absolute Gasteiger partial charge is 0.0237 e. The summed E-state index contributed by atoms with van der Waals surface area (Å²) in [5.41, 5.74) is 2.92. The molecular weight excluding hydrogens is 268 g/mol. The number of fused-ring (bicyclic) bond motifs is 2. The predicted octanol–water partition coefficient (Wildman–Crippen LogP) is 3.32. The molecule has 1 saturated heterocycles. The molecule has 1 aromatic rings. The second-order valence-corrected chi connectivity index (χ2v) is 7.54. The third kappa shape index (κ3) is 3.00. The summed E-state index contributed by atoms with van der Waals surface area (Å²) < 4.78 is 0. The van der Waals surface area contributed by atoms with Crippen molar-refractivity contribution in [3.05, 3.63) is 47.5 Å². The van der Waals surface area contributed by atoms with Crippen molar-refractivity contribution in [2.24, 2.45) is 17.8 Å². The summed E-state index contributed by atoms with van der Waals surface area (Å²) in [7, 11) is 0. The van der Waals surface area contributed by atoms with E-state index in [4.69, 9.17) is 0 Å². The summed E-state index contributed by atoms with van der Waals surface area (Å²) in [5, 5.41) is 0. The molecule has 2 fully saturated rings. The normalized spacial score (nSPS) is 32.0. The molecule has 0 radical (unpaired) electrons. The van der Waals surface area contributed by atoms with Crippen LogP contribution in [-0.4, -0.2) is 42.5 Å². The summed E-state index contributed by atoms with van der Waals surface area (Å²) in [6.45, 7) is 9.65. The van der Waals surface area contributed by atoms with Gasteiger partial charge in [0.2, 0.25) is 0 Å². The van der Waals surface area contributed by atoms with Crippen molar-refractivity contribution in [3.8, 4) is 0 Å². The Morgan fingerprint density at radius 3 is 2.41 bits per heavy atom. The molecule has 0 amide bonds. The van der Waals surface area contributed by atoms with Crippen LogP contribution in [0.4, 0.5) is 0 Å². The summed E-state index contributed by atoms with van der Waals surface area (Å²) in [4.78, 5) is 5.34. The van der Waals surface area contributed by atoms with Crippen molar-refractivity contribution in [1.29, 1.82) is 0 Å². The van der Waals surface area contributed by atoms with Gasteiger partial charge in [-0.05, 0) is 48.6 Å². The van der Waals surface area contributed by atoms with Gasteiger partial charge >= 0.3 is 0 Å². The first-order valence-electron chi connectivity index (χ1n) is 8.95. The molecule has 0 spiro atoms. The second-order valence-electron chi connectivity index (χ2n) is 7.54. The molecule has 2 nitrogen and oxygen atoms in total. The summed E-state index contributed by atoms with van der Waals surface area (Å²) in [6.07, 6.45) is 7.84. The van der Waals surface area contributed by atoms with Crippen molar-refractivity contribution in [2.75, 3.05) is 32.7 Å². The van der Waals surface area contributed by atoms with Gasteiger partial charge < -0.3 is 4.90 Å². The van der Waals surface area contributed by atoms with E-state index in [1.54, 1.807) is 0 Å². The van der Waals surface area contributed by atoms with Crippen LogP contribution in [0.15, 0.2) is 36.4 Å². The molecule has 1 aromatic carbocycles. The van der Waals surface area contributed by atoms with Gasteiger partial charge in [-0.3, -0.25) is 4.90 Å². The standard InChI is InChI=1S/C20H28N2/c1-16-4-2-3-5-19(16)14-21-8-10-22(11-9-21)15-20-13-17-6-7-18(20)12-17/h2-7,17-18,20H,8-15H2,1H3/t17-,18+,20+/m1/s1. The SMILES string of the molecule is Cc1ccccc1CN1CCN(C[C@@H]2C[C@@H]3C=C[C@H]2C3)CC1. The third-order valence-electron chi connectivity index (χ3n) is 6.03. The van der Waals surface area contributed by atoms with E-state index in [2.05, 4.69) is 53.1 Å². The van der Waals surface area contributed by atoms with Crippen molar-refractivity contribution in [2.45, 2.75) is 26.3 Å². The van der Waals surface area contributed by atoms with Gasteiger partial charge in [0, 0.05) is 39.3 Å². The maximum absolute atomic E-state index is 2.72. The fraction of sp³-hybridized carbons (Fsp3) is 0.600. The van der Waals surface area contributed by atoms with E-state index in [9.17, 15) is 0 Å². The van der Waals surface area contributed by atoms with E-state index in [0.717, 1.165) is 24.3 Å². The zero-order valence-corrected chi connectivity index (χ0v) is 13.7. The van der Waals surface area contributed by atoms with Crippen LogP contribution in [0, 0.1) is 24.7 Å². The van der Waals surface area contributed by atoms with Gasteiger partial charge in [0.25, 0.3) is 0 Å². The van der Waals surface area contributed by atoms with Gasteiger partial charge in [0.15, 0.2) is 0 Å². The summed E-state index contributed by atoms with van der Waals surface area (Å²) in [5.74, 6) is 2.75. The monoisotopic (exact) mass is 296 g/mol. The van der Waals surface area contributed by atoms with Gasteiger partial charge in [0.05, 0.1) is 0 Å². The highest BCUT2D eigenvalue weighted by molar-refractivity contribution is 5.25. The Morgan fingerprint density at radius 1 is 0.955 bits per heavy atom. The number of rotatable bonds is 4. The molecule has 1 heterocycles. The topological polar surface area (TPSA) is 6.48 Å². The van der Waals surface area contributed by atoms with E-state index >= 15 is 0 Å². The van der Waals surface area contributed by atoms with E-state index in [1.807, 2.05) is 0 Å². The predicted molar refractivity (Wildman–Crippen MR) is 91.7 cm³/mol. The molecular formula is C20H28N2. The zero-order valence-electron chi connectivity index (χ0n) is 13.7. The molecule has 2 heteroatoms. The fourth-order valence-corrected chi connectivity index (χ4v) is 4.59. The minimum absolute atomic E-state index is 0.898. The molecule has 22 heavy (non-hydrogen) atoms. The first-order chi connectivity index (χ1) is 10.8. The molecule has 2 bridgehead atoms. The minimum atomic E-state index is 0.898. The Morgan fingerprint density at radius 2 is 1.73 bits per heavy atom. The van der Waals surface area contributed by atoms with Crippen molar-refractivity contribution >= 4 is 0 Å². The second kappa shape index (κ2) is 6.17. The average Bonchev–Trinajstić information content (AvgIpc) is 3.14. The molecule has 0 N–H and O–H groups in total. The van der Waals surface area contributed by atoms with Crippen LogP contribution in [0.25, 0.3) is 0 Å². The largest absolute Gasteiger partial charge is 0.300 e. The first kappa shape index (κ1) is 14.5. The molecule has 4 rings (SSSR count). The van der Waals surface area contributed by atoms with Crippen molar-refractivity contribution in [3.63, 3.8) is 0 Å². The van der Waals surface area contributed by atoms with Crippen LogP contribution in [-0.2, 0) is 6.54 Å². The highest BCUT2D eigenvalue weighted by Gasteiger charge is 2.36. The van der Waals surface area contributed by atoms with Gasteiger partial charge in [0.1, 0.15) is 0 Å². The van der Waals surface area contributed by atoms with Crippen LogP contribution >= 0.6 is 0 Å². The van der Waals surface area contributed by atoms with Crippen LogP contribution in [0.5, 0.6) is 0 Å². The first-order valence-corrected chi connectivity index (χ1v) is 8.95. The van der Waals surface area contributed by atoms with Crippen LogP contribution < -0.4 is 0 Å². The van der Waals surface area contributed by atoms with Gasteiger partial charge in [-0.1, -0.05) is 36.4 Å². The van der Waals surface area contributed by atoms with Gasteiger partial charge in [-0.15, -0.1) is 0 Å². The lowest BCUT2D eigenvalue weighted by Crippen LogP contribution is -2.47. The van der Waals surface area contributed by atoms with Crippen LogP contribution in [0.2, 0.25) is 0 Å². The molecule has 118 valence electrons. The molecule has 1 aliphatic heterocycles. The fourth-order valence-electron chi connectivity index (χ4n) is 4.59. The maximum Gasteiger partial charge on any atom is 0.0237 e. The van der Waals surface area contributed by atoms with Crippen LogP contribution in [0.1, 0.15) is 24.0 Å². The number of hydrogen-bond donors (Lipinski definition) is 0. The molecule has 2 aliphatic carbocycles. The Kier molecular flexibility index (Phi) is 4.06. The number of allylic oxidation sites excluding steroid dienone is 2. The maximum atomic E-state index is 2.72. The Hall–Kier alpha value is -1.12. The summed E-state index contributed by atoms with van der Waals surface area (Å²) in [6, 6.07) is 8.82. The number of nitrogens with zero attached hydrogens (tertiary/aromatic N) is 2.